The predicted octanol–water partition coefficient (Wildman–Crippen LogP) is 3.82. The van der Waals surface area contributed by atoms with Crippen LogP contribution in [0.15, 0.2) is 36.4 Å². The van der Waals surface area contributed by atoms with E-state index in [0.29, 0.717) is 12.3 Å². The van der Waals surface area contributed by atoms with E-state index in [2.05, 4.69) is 22.2 Å². The number of amides is 1. The summed E-state index contributed by atoms with van der Waals surface area (Å²) in [6.07, 6.45) is 6.75. The molecule has 0 aromatic heterocycles. The maximum absolute atomic E-state index is 12.1. The molecule has 1 aromatic rings. The van der Waals surface area contributed by atoms with Gasteiger partial charge in [0.2, 0.25) is 5.91 Å². The Labute approximate surface area is 123 Å². The van der Waals surface area contributed by atoms with Gasteiger partial charge in [0.1, 0.15) is 5.75 Å². The van der Waals surface area contributed by atoms with Crippen LogP contribution in [0.25, 0.3) is 0 Å². The van der Waals surface area contributed by atoms with Gasteiger partial charge in [0, 0.05) is 6.42 Å². The summed E-state index contributed by atoms with van der Waals surface area (Å²) < 4.78 is 28.4. The molecule has 0 aliphatic heterocycles. The van der Waals surface area contributed by atoms with Gasteiger partial charge in [-0.1, -0.05) is 24.3 Å². The molecular formula is C16H19F2NO2. The van der Waals surface area contributed by atoms with Gasteiger partial charge in [-0.3, -0.25) is 4.79 Å². The maximum Gasteiger partial charge on any atom is 0.387 e. The van der Waals surface area contributed by atoms with Crippen LogP contribution in [-0.4, -0.2) is 12.5 Å². The van der Waals surface area contributed by atoms with Crippen molar-refractivity contribution >= 4 is 5.91 Å². The van der Waals surface area contributed by atoms with Gasteiger partial charge in [-0.15, -0.1) is 0 Å². The predicted molar refractivity (Wildman–Crippen MR) is 76.1 cm³/mol. The molecule has 0 saturated carbocycles. The molecule has 1 amide bonds. The van der Waals surface area contributed by atoms with E-state index in [1.165, 1.54) is 12.1 Å². The zero-order chi connectivity index (χ0) is 15.2. The van der Waals surface area contributed by atoms with E-state index < -0.39 is 6.61 Å². The van der Waals surface area contributed by atoms with Crippen molar-refractivity contribution < 1.29 is 18.3 Å². The molecule has 0 heterocycles. The fourth-order valence-electron chi connectivity index (χ4n) is 2.43. The Morgan fingerprint density at radius 3 is 2.67 bits per heavy atom. The van der Waals surface area contributed by atoms with Crippen LogP contribution in [0.2, 0.25) is 0 Å². The van der Waals surface area contributed by atoms with Gasteiger partial charge in [-0.05, 0) is 43.4 Å². The first-order valence-corrected chi connectivity index (χ1v) is 7.05. The first-order valence-electron chi connectivity index (χ1n) is 7.05. The molecule has 3 nitrogen and oxygen atoms in total. The highest BCUT2D eigenvalue weighted by Crippen LogP contribution is 2.22. The van der Waals surface area contributed by atoms with E-state index in [0.717, 1.165) is 18.4 Å². The van der Waals surface area contributed by atoms with Crippen LogP contribution in [0, 0.1) is 5.92 Å². The Kier molecular flexibility index (Phi) is 5.31. The number of nitrogens with one attached hydrogen (secondary N) is 1. The number of carbonyl (C=O) groups excluding carboxylic acids is 1. The van der Waals surface area contributed by atoms with Crippen molar-refractivity contribution in [1.82, 2.24) is 5.32 Å². The summed E-state index contributed by atoms with van der Waals surface area (Å²) in [6, 6.07) is 6.15. The van der Waals surface area contributed by atoms with Gasteiger partial charge in [-0.2, -0.15) is 8.78 Å². The molecule has 2 atom stereocenters. The fraction of sp³-hybridized carbons (Fsp3) is 0.438. The summed E-state index contributed by atoms with van der Waals surface area (Å²) in [5, 5.41) is 2.92. The van der Waals surface area contributed by atoms with Crippen LogP contribution < -0.4 is 10.1 Å². The molecule has 2 unspecified atom stereocenters. The van der Waals surface area contributed by atoms with Crippen LogP contribution >= 0.6 is 0 Å². The molecule has 1 aromatic carbocycles. The standard InChI is InChI=1S/C16H19F2NO2/c1-11(19-15(20)10-12-4-2-3-5-12)13-6-8-14(9-7-13)21-16(17)18/h2,4,6-9,11-12,16H,3,5,10H2,1H3,(H,19,20). The Morgan fingerprint density at radius 2 is 2.10 bits per heavy atom. The molecule has 0 fully saturated rings. The first kappa shape index (κ1) is 15.5. The number of allylic oxidation sites excluding steroid dienone is 2. The summed E-state index contributed by atoms with van der Waals surface area (Å²) >= 11 is 0. The smallest absolute Gasteiger partial charge is 0.387 e. The van der Waals surface area contributed by atoms with Gasteiger partial charge in [0.05, 0.1) is 6.04 Å². The second-order valence-corrected chi connectivity index (χ2v) is 5.21. The average Bonchev–Trinajstić information content (AvgIpc) is 2.91. The number of hydrogen-bond acceptors (Lipinski definition) is 2. The van der Waals surface area contributed by atoms with E-state index in [1.807, 2.05) is 6.92 Å². The third kappa shape index (κ3) is 4.85. The molecule has 1 aliphatic rings. The van der Waals surface area contributed by atoms with Crippen molar-refractivity contribution in [2.24, 2.45) is 5.92 Å². The van der Waals surface area contributed by atoms with E-state index in [4.69, 9.17) is 0 Å². The second-order valence-electron chi connectivity index (χ2n) is 5.21. The average molecular weight is 295 g/mol. The van der Waals surface area contributed by atoms with Crippen LogP contribution in [0.3, 0.4) is 0 Å². The Bertz CT molecular complexity index is 500. The highest BCUT2D eigenvalue weighted by atomic mass is 19.3. The number of carbonyl (C=O) groups is 1. The zero-order valence-electron chi connectivity index (χ0n) is 11.9. The molecule has 1 aliphatic carbocycles. The molecule has 21 heavy (non-hydrogen) atoms. The maximum atomic E-state index is 12.1. The number of hydrogen-bond donors (Lipinski definition) is 1. The lowest BCUT2D eigenvalue weighted by Crippen LogP contribution is -2.27. The highest BCUT2D eigenvalue weighted by molar-refractivity contribution is 5.77. The van der Waals surface area contributed by atoms with Gasteiger partial charge >= 0.3 is 6.61 Å². The van der Waals surface area contributed by atoms with Crippen LogP contribution in [0.5, 0.6) is 5.75 Å². The van der Waals surface area contributed by atoms with Crippen molar-refractivity contribution in [3.05, 3.63) is 42.0 Å². The van der Waals surface area contributed by atoms with Gasteiger partial charge in [0.15, 0.2) is 0 Å². The van der Waals surface area contributed by atoms with Crippen LogP contribution in [0.1, 0.15) is 37.8 Å². The van der Waals surface area contributed by atoms with Crippen molar-refractivity contribution in [2.75, 3.05) is 0 Å². The zero-order valence-corrected chi connectivity index (χ0v) is 11.9. The summed E-state index contributed by atoms with van der Waals surface area (Å²) in [4.78, 5) is 11.9. The molecular weight excluding hydrogens is 276 g/mol. The summed E-state index contributed by atoms with van der Waals surface area (Å²) in [5.74, 6) is 0.453. The van der Waals surface area contributed by atoms with Gasteiger partial charge < -0.3 is 10.1 Å². The molecule has 0 spiro atoms. The lowest BCUT2D eigenvalue weighted by Gasteiger charge is -2.16. The minimum atomic E-state index is -2.83. The Balaban J connectivity index is 1.85. The van der Waals surface area contributed by atoms with E-state index in [9.17, 15) is 13.6 Å². The molecule has 5 heteroatoms. The summed E-state index contributed by atoms with van der Waals surface area (Å²) in [5.41, 5.74) is 0.854. The second kappa shape index (κ2) is 7.20. The molecule has 2 rings (SSSR count). The van der Waals surface area contributed by atoms with Crippen LogP contribution in [-0.2, 0) is 4.79 Å². The van der Waals surface area contributed by atoms with Gasteiger partial charge in [-0.25, -0.2) is 0 Å². The number of rotatable bonds is 6. The topological polar surface area (TPSA) is 38.3 Å². The lowest BCUT2D eigenvalue weighted by molar-refractivity contribution is -0.122. The van der Waals surface area contributed by atoms with E-state index >= 15 is 0 Å². The number of ether oxygens (including phenoxy) is 1. The quantitative estimate of drug-likeness (QED) is 0.810. The molecule has 114 valence electrons. The van der Waals surface area contributed by atoms with Crippen LogP contribution in [0.4, 0.5) is 8.78 Å². The van der Waals surface area contributed by atoms with Gasteiger partial charge in [0.25, 0.3) is 0 Å². The molecule has 0 bridgehead atoms. The minimum absolute atomic E-state index is 0.00644. The Morgan fingerprint density at radius 1 is 1.38 bits per heavy atom. The third-order valence-corrected chi connectivity index (χ3v) is 3.54. The fourth-order valence-corrected chi connectivity index (χ4v) is 2.43. The van der Waals surface area contributed by atoms with Crippen molar-refractivity contribution in [3.63, 3.8) is 0 Å². The lowest BCUT2D eigenvalue weighted by atomic mass is 10.0. The monoisotopic (exact) mass is 295 g/mol. The minimum Gasteiger partial charge on any atom is -0.435 e. The third-order valence-electron chi connectivity index (χ3n) is 3.54. The van der Waals surface area contributed by atoms with Crippen molar-refractivity contribution in [1.29, 1.82) is 0 Å². The summed E-state index contributed by atoms with van der Waals surface area (Å²) in [7, 11) is 0. The van der Waals surface area contributed by atoms with E-state index in [-0.39, 0.29) is 17.7 Å². The summed E-state index contributed by atoms with van der Waals surface area (Å²) in [6.45, 7) is -0.960. The van der Waals surface area contributed by atoms with Crippen molar-refractivity contribution in [2.45, 2.75) is 38.8 Å². The molecule has 1 N–H and O–H groups in total. The Hall–Kier alpha value is -1.91. The highest BCUT2D eigenvalue weighted by Gasteiger charge is 2.16. The van der Waals surface area contributed by atoms with E-state index in [1.54, 1.807) is 12.1 Å². The normalized spacial score (nSPS) is 18.8. The number of benzene rings is 1. The first-order chi connectivity index (χ1) is 10.0. The molecule has 0 saturated heterocycles. The number of alkyl halides is 2. The SMILES string of the molecule is CC(NC(=O)CC1C=CCC1)c1ccc(OC(F)F)cc1. The largest absolute Gasteiger partial charge is 0.435 e. The van der Waals surface area contributed by atoms with Crippen molar-refractivity contribution in [3.8, 4) is 5.75 Å². The molecule has 0 radical (unpaired) electrons. The number of halogens is 2.